The molecule has 0 saturated heterocycles. The number of rotatable bonds is 7. The van der Waals surface area contributed by atoms with Crippen molar-refractivity contribution >= 4 is 43.2 Å². The summed E-state index contributed by atoms with van der Waals surface area (Å²) in [6.07, 6.45) is 0. The second-order valence-corrected chi connectivity index (χ2v) is 9.92. The molecule has 0 aliphatic heterocycles. The molecule has 0 bridgehead atoms. The molecule has 0 aliphatic carbocycles. The third kappa shape index (κ3) is 5.13. The number of ether oxygens (including phenoxy) is 1. The van der Waals surface area contributed by atoms with E-state index in [0.29, 0.717) is 17.2 Å². The molecule has 1 aromatic heterocycles. The lowest BCUT2D eigenvalue weighted by Crippen LogP contribution is -2.16. The number of nitrogens with one attached hydrogen (secondary N) is 3. The fourth-order valence-electron chi connectivity index (χ4n) is 3.30. The monoisotopic (exact) mass is 540 g/mol. The van der Waals surface area contributed by atoms with Gasteiger partial charge in [0.15, 0.2) is 0 Å². The van der Waals surface area contributed by atoms with Gasteiger partial charge in [0, 0.05) is 27.1 Å². The quantitative estimate of drug-likeness (QED) is 0.297. The number of carbonyl (C=O) groups excluding carboxylic acids is 1. The number of hydrogen-bond acceptors (Lipinski definition) is 5. The zero-order valence-corrected chi connectivity index (χ0v) is 20.7. The summed E-state index contributed by atoms with van der Waals surface area (Å²) in [5, 5.41) is 2.72. The van der Waals surface area contributed by atoms with Crippen LogP contribution in [-0.4, -0.2) is 31.4 Å². The normalized spacial score (nSPS) is 11.1. The summed E-state index contributed by atoms with van der Waals surface area (Å²) in [5.41, 5.74) is 2.33. The number of benzene rings is 3. The van der Waals surface area contributed by atoms with Crippen molar-refractivity contribution in [3.8, 4) is 17.1 Å². The molecule has 8 nitrogen and oxygen atoms in total. The number of aromatic amines is 1. The Hall–Kier alpha value is -3.63. The van der Waals surface area contributed by atoms with Crippen LogP contribution in [0.15, 0.2) is 82.2 Å². The van der Waals surface area contributed by atoms with Crippen molar-refractivity contribution in [1.82, 2.24) is 9.97 Å². The van der Waals surface area contributed by atoms with Crippen LogP contribution in [-0.2, 0) is 10.0 Å². The van der Waals surface area contributed by atoms with Gasteiger partial charge in [-0.1, -0.05) is 46.3 Å². The Bertz CT molecular complexity index is 1440. The van der Waals surface area contributed by atoms with Crippen molar-refractivity contribution < 1.29 is 17.9 Å². The topological polar surface area (TPSA) is 113 Å². The fourth-order valence-corrected chi connectivity index (χ4v) is 4.82. The summed E-state index contributed by atoms with van der Waals surface area (Å²) in [4.78, 5) is 20.3. The second kappa shape index (κ2) is 9.70. The molecular formula is C24H21BrN4O4S. The first-order valence-corrected chi connectivity index (χ1v) is 12.4. The maximum absolute atomic E-state index is 13.1. The van der Waals surface area contributed by atoms with Crippen LogP contribution in [0.4, 0.5) is 11.4 Å². The molecular weight excluding hydrogens is 520 g/mol. The molecule has 0 fully saturated rings. The van der Waals surface area contributed by atoms with Gasteiger partial charge in [-0.05, 0) is 49.4 Å². The van der Waals surface area contributed by atoms with Crippen LogP contribution in [0.25, 0.3) is 11.4 Å². The molecule has 4 rings (SSSR count). The van der Waals surface area contributed by atoms with Crippen molar-refractivity contribution in [2.75, 3.05) is 17.1 Å². The number of halogens is 1. The Morgan fingerprint density at radius 3 is 2.35 bits per heavy atom. The summed E-state index contributed by atoms with van der Waals surface area (Å²) < 4.78 is 34.7. The van der Waals surface area contributed by atoms with E-state index in [1.165, 1.54) is 19.2 Å². The van der Waals surface area contributed by atoms with Crippen molar-refractivity contribution in [3.05, 3.63) is 88.7 Å². The van der Waals surface area contributed by atoms with Crippen molar-refractivity contribution in [1.29, 1.82) is 0 Å². The number of amides is 1. The molecule has 0 atom stereocenters. The van der Waals surface area contributed by atoms with Gasteiger partial charge < -0.3 is 15.0 Å². The first-order chi connectivity index (χ1) is 16.3. The van der Waals surface area contributed by atoms with E-state index in [9.17, 15) is 13.2 Å². The number of sulfonamides is 1. The summed E-state index contributed by atoms with van der Waals surface area (Å²) in [5.74, 6) is 0.246. The highest BCUT2D eigenvalue weighted by Gasteiger charge is 2.22. The lowest BCUT2D eigenvalue weighted by molar-refractivity contribution is 0.102. The molecule has 0 spiro atoms. The minimum Gasteiger partial charge on any atom is -0.495 e. The summed E-state index contributed by atoms with van der Waals surface area (Å²) >= 11 is 3.32. The zero-order valence-electron chi connectivity index (χ0n) is 18.3. The molecule has 0 unspecified atom stereocenters. The average molecular weight is 541 g/mol. The van der Waals surface area contributed by atoms with Crippen LogP contribution in [0.1, 0.15) is 16.2 Å². The van der Waals surface area contributed by atoms with Gasteiger partial charge in [-0.15, -0.1) is 0 Å². The number of H-pyrrole nitrogens is 1. The number of nitrogens with zero attached hydrogens (tertiary/aromatic N) is 1. The van der Waals surface area contributed by atoms with E-state index in [-0.39, 0.29) is 22.0 Å². The molecule has 0 saturated carbocycles. The lowest BCUT2D eigenvalue weighted by Gasteiger charge is -2.13. The smallest absolute Gasteiger partial charge is 0.276 e. The molecule has 1 amide bonds. The Kier molecular flexibility index (Phi) is 6.71. The number of aryl methyl sites for hydroxylation is 1. The van der Waals surface area contributed by atoms with E-state index >= 15 is 0 Å². The average Bonchev–Trinajstić information content (AvgIpc) is 3.23. The predicted octanol–water partition coefficient (Wildman–Crippen LogP) is 5.21. The van der Waals surface area contributed by atoms with E-state index < -0.39 is 15.9 Å². The van der Waals surface area contributed by atoms with Gasteiger partial charge in [0.25, 0.3) is 15.9 Å². The Labute approximate surface area is 205 Å². The van der Waals surface area contributed by atoms with Gasteiger partial charge in [0.2, 0.25) is 0 Å². The van der Waals surface area contributed by atoms with Crippen LogP contribution in [0.2, 0.25) is 0 Å². The summed E-state index contributed by atoms with van der Waals surface area (Å²) in [6.45, 7) is 1.75. The van der Waals surface area contributed by atoms with Crippen molar-refractivity contribution in [3.63, 3.8) is 0 Å². The maximum atomic E-state index is 13.1. The highest BCUT2D eigenvalue weighted by Crippen LogP contribution is 2.29. The molecule has 1 heterocycles. The lowest BCUT2D eigenvalue weighted by atomic mass is 10.2. The number of methoxy groups -OCH3 is 1. The van der Waals surface area contributed by atoms with Crippen molar-refractivity contribution in [2.45, 2.75) is 11.8 Å². The minimum atomic E-state index is -4.00. The van der Waals surface area contributed by atoms with Gasteiger partial charge in [0.05, 0.1) is 7.11 Å². The zero-order chi connectivity index (χ0) is 24.3. The third-order valence-electron chi connectivity index (χ3n) is 4.95. The molecule has 3 aromatic carbocycles. The van der Waals surface area contributed by atoms with E-state index in [1.807, 2.05) is 30.3 Å². The van der Waals surface area contributed by atoms with E-state index in [0.717, 1.165) is 10.0 Å². The van der Waals surface area contributed by atoms with Crippen LogP contribution in [0, 0.1) is 6.92 Å². The second-order valence-electron chi connectivity index (χ2n) is 7.36. The number of imidazole rings is 1. The summed E-state index contributed by atoms with van der Waals surface area (Å²) in [6, 6.07) is 20.5. The van der Waals surface area contributed by atoms with Crippen LogP contribution < -0.4 is 14.8 Å². The number of anilines is 2. The van der Waals surface area contributed by atoms with Gasteiger partial charge >= 0.3 is 0 Å². The third-order valence-corrected chi connectivity index (χ3v) is 6.89. The van der Waals surface area contributed by atoms with E-state index in [4.69, 9.17) is 4.74 Å². The number of hydrogen-bond donors (Lipinski definition) is 3. The molecule has 0 radical (unpaired) electrons. The van der Waals surface area contributed by atoms with Gasteiger partial charge in [-0.25, -0.2) is 13.4 Å². The standard InChI is InChI=1S/C24H21BrN4O4S/c1-15-22(28-23(26-15)16-6-4-3-5-7-16)24(30)27-19-12-13-20(33-2)21(14-19)34(31,32)29-18-10-8-17(25)9-11-18/h3-14,29H,1-2H3,(H,26,28)(H,27,30). The van der Waals surface area contributed by atoms with E-state index in [2.05, 4.69) is 35.9 Å². The predicted molar refractivity (Wildman–Crippen MR) is 135 cm³/mol. The molecule has 10 heteroatoms. The van der Waals surface area contributed by atoms with Crippen molar-refractivity contribution in [2.24, 2.45) is 0 Å². The first kappa shape index (κ1) is 23.5. The van der Waals surface area contributed by atoms with Gasteiger partial charge in [-0.2, -0.15) is 0 Å². The molecule has 4 aromatic rings. The summed E-state index contributed by atoms with van der Waals surface area (Å²) in [7, 11) is -2.62. The Morgan fingerprint density at radius 1 is 1.00 bits per heavy atom. The largest absolute Gasteiger partial charge is 0.495 e. The number of aromatic nitrogens is 2. The maximum Gasteiger partial charge on any atom is 0.276 e. The Balaban J connectivity index is 1.60. The highest BCUT2D eigenvalue weighted by atomic mass is 79.9. The Morgan fingerprint density at radius 2 is 1.68 bits per heavy atom. The van der Waals surface area contributed by atoms with Crippen LogP contribution in [0.5, 0.6) is 5.75 Å². The van der Waals surface area contributed by atoms with Gasteiger partial charge in [0.1, 0.15) is 22.2 Å². The molecule has 174 valence electrons. The number of carbonyl (C=O) groups is 1. The van der Waals surface area contributed by atoms with Crippen LogP contribution in [0.3, 0.4) is 0 Å². The van der Waals surface area contributed by atoms with E-state index in [1.54, 1.807) is 37.3 Å². The fraction of sp³-hybridized carbons (Fsp3) is 0.0833. The highest BCUT2D eigenvalue weighted by molar-refractivity contribution is 9.10. The van der Waals surface area contributed by atoms with Crippen LogP contribution >= 0.6 is 15.9 Å². The minimum absolute atomic E-state index is 0.112. The SMILES string of the molecule is COc1ccc(NC(=O)c2nc(-c3ccccc3)[nH]c2C)cc1S(=O)(=O)Nc1ccc(Br)cc1. The van der Waals surface area contributed by atoms with Gasteiger partial charge in [-0.3, -0.25) is 9.52 Å². The molecule has 3 N–H and O–H groups in total. The first-order valence-electron chi connectivity index (χ1n) is 10.2. The molecule has 34 heavy (non-hydrogen) atoms. The molecule has 0 aliphatic rings.